The van der Waals surface area contributed by atoms with Gasteiger partial charge in [-0.05, 0) is 44.6 Å². The molecule has 5 heterocycles. The van der Waals surface area contributed by atoms with E-state index in [9.17, 15) is 9.59 Å². The Hall–Kier alpha value is -1.60. The maximum absolute atomic E-state index is 13.7. The summed E-state index contributed by atoms with van der Waals surface area (Å²) in [4.78, 5) is 35.3. The fourth-order valence-corrected chi connectivity index (χ4v) is 6.25. The van der Waals surface area contributed by atoms with E-state index >= 15 is 0 Å². The average Bonchev–Trinajstić information content (AvgIpc) is 3.10. The monoisotopic (exact) mass is 434 g/mol. The van der Waals surface area contributed by atoms with E-state index in [1.807, 2.05) is 9.80 Å². The molecule has 7 nitrogen and oxygen atoms in total. The van der Waals surface area contributed by atoms with Gasteiger partial charge in [-0.1, -0.05) is 6.42 Å². The largest absolute Gasteiger partial charge is 0.445 e. The quantitative estimate of drug-likeness (QED) is 0.772. The second-order valence-corrected chi connectivity index (χ2v) is 9.68. The number of carbonyl (C=O) groups is 2. The molecule has 4 fully saturated rings. The standard InChI is InChI=1S/C22H30N4O3.ClH/c27-19-6-2-5-17-14-9-15(11-23-10-14)20(26(17)19)22(28)25-8-7-18-16(12-25)24-21(29-18)13-3-1-4-13;/h13-15,17,20,23H,1-12H2;1H/t14-,15+,17+,20-;/m1./s1. The molecule has 1 N–H and O–H groups in total. The van der Waals surface area contributed by atoms with Gasteiger partial charge in [-0.25, -0.2) is 4.98 Å². The molecule has 0 aromatic carbocycles. The summed E-state index contributed by atoms with van der Waals surface area (Å²) in [5.41, 5.74) is 0.934. The zero-order valence-electron chi connectivity index (χ0n) is 17.3. The Bertz CT molecular complexity index is 838. The molecule has 8 heteroatoms. The first-order valence-electron chi connectivity index (χ1n) is 11.5. The zero-order valence-corrected chi connectivity index (χ0v) is 18.2. The molecule has 0 radical (unpaired) electrons. The molecule has 3 saturated heterocycles. The number of oxazole rings is 1. The lowest BCUT2D eigenvalue weighted by Gasteiger charge is -2.54. The second kappa shape index (κ2) is 7.83. The predicted octanol–water partition coefficient (Wildman–Crippen LogP) is 2.24. The molecule has 2 bridgehead atoms. The number of hydrogen-bond acceptors (Lipinski definition) is 5. The molecule has 1 aliphatic carbocycles. The Kier molecular flexibility index (Phi) is 5.30. The Balaban J connectivity index is 0.00000193. The van der Waals surface area contributed by atoms with E-state index in [1.54, 1.807) is 0 Å². The molecular formula is C22H31ClN4O3. The summed E-state index contributed by atoms with van der Waals surface area (Å²) in [6.45, 7) is 3.00. The summed E-state index contributed by atoms with van der Waals surface area (Å²) >= 11 is 0. The minimum Gasteiger partial charge on any atom is -0.445 e. The SMILES string of the molecule is Cl.O=C([C@H]1[C@@H]2CNC[C@@H](C2)[C@@H]2CCCC(=O)N21)N1CCc2oc(C3CCC3)nc2C1. The van der Waals surface area contributed by atoms with Gasteiger partial charge >= 0.3 is 0 Å². The number of rotatable bonds is 2. The van der Waals surface area contributed by atoms with Crippen LogP contribution < -0.4 is 5.32 Å². The third-order valence-corrected chi connectivity index (χ3v) is 8.01. The first-order valence-corrected chi connectivity index (χ1v) is 11.5. The van der Waals surface area contributed by atoms with Crippen LogP contribution in [0.4, 0.5) is 0 Å². The molecule has 1 aromatic rings. The van der Waals surface area contributed by atoms with E-state index in [-0.39, 0.29) is 42.2 Å². The highest BCUT2D eigenvalue weighted by Crippen LogP contribution is 2.41. The van der Waals surface area contributed by atoms with Crippen LogP contribution >= 0.6 is 12.4 Å². The van der Waals surface area contributed by atoms with Crippen LogP contribution in [-0.2, 0) is 22.6 Å². The number of nitrogens with one attached hydrogen (secondary N) is 1. The van der Waals surface area contributed by atoms with Crippen molar-refractivity contribution in [1.82, 2.24) is 20.1 Å². The fourth-order valence-electron chi connectivity index (χ4n) is 6.25. The minimum atomic E-state index is -0.309. The Labute approximate surface area is 183 Å². The lowest BCUT2D eigenvalue weighted by Crippen LogP contribution is -2.68. The fraction of sp³-hybridized carbons (Fsp3) is 0.773. The van der Waals surface area contributed by atoms with Gasteiger partial charge in [-0.2, -0.15) is 0 Å². The molecule has 0 unspecified atom stereocenters. The summed E-state index contributed by atoms with van der Waals surface area (Å²) in [7, 11) is 0. The first-order chi connectivity index (χ1) is 14.2. The maximum Gasteiger partial charge on any atom is 0.246 e. The van der Waals surface area contributed by atoms with E-state index in [2.05, 4.69) is 5.32 Å². The van der Waals surface area contributed by atoms with Gasteiger partial charge in [0, 0.05) is 43.8 Å². The van der Waals surface area contributed by atoms with Crippen LogP contribution in [0.3, 0.4) is 0 Å². The molecule has 30 heavy (non-hydrogen) atoms. The lowest BCUT2D eigenvalue weighted by molar-refractivity contribution is -0.162. The lowest BCUT2D eigenvalue weighted by atomic mass is 9.72. The van der Waals surface area contributed by atoms with Gasteiger partial charge in [0.05, 0.1) is 6.54 Å². The van der Waals surface area contributed by atoms with Crippen molar-refractivity contribution in [2.75, 3.05) is 19.6 Å². The van der Waals surface area contributed by atoms with Crippen LogP contribution in [0.15, 0.2) is 4.42 Å². The van der Waals surface area contributed by atoms with E-state index in [1.165, 1.54) is 19.3 Å². The molecular weight excluding hydrogens is 404 g/mol. The van der Waals surface area contributed by atoms with E-state index in [4.69, 9.17) is 9.40 Å². The maximum atomic E-state index is 13.7. The summed E-state index contributed by atoms with van der Waals surface area (Å²) in [6.07, 6.45) is 7.96. The van der Waals surface area contributed by atoms with E-state index in [0.29, 0.717) is 31.3 Å². The molecule has 1 saturated carbocycles. The third kappa shape index (κ3) is 3.16. The number of halogens is 1. The van der Waals surface area contributed by atoms with Crippen LogP contribution in [0.25, 0.3) is 0 Å². The van der Waals surface area contributed by atoms with Gasteiger partial charge in [0.15, 0.2) is 5.89 Å². The number of amides is 2. The number of carbonyl (C=O) groups excluding carboxylic acids is 2. The summed E-state index contributed by atoms with van der Waals surface area (Å²) in [5.74, 6) is 3.34. The highest BCUT2D eigenvalue weighted by atomic mass is 35.5. The molecule has 6 rings (SSSR count). The number of fused-ring (bicyclic) bond motifs is 5. The Morgan fingerprint density at radius 2 is 1.93 bits per heavy atom. The van der Waals surface area contributed by atoms with Crippen molar-refractivity contribution in [2.24, 2.45) is 11.8 Å². The van der Waals surface area contributed by atoms with Gasteiger partial charge in [-0.15, -0.1) is 12.4 Å². The smallest absolute Gasteiger partial charge is 0.246 e. The Morgan fingerprint density at radius 1 is 1.10 bits per heavy atom. The average molecular weight is 435 g/mol. The van der Waals surface area contributed by atoms with Crippen molar-refractivity contribution in [3.63, 3.8) is 0 Å². The molecule has 4 aliphatic heterocycles. The van der Waals surface area contributed by atoms with Gasteiger partial charge in [0.2, 0.25) is 11.8 Å². The molecule has 0 spiro atoms. The Morgan fingerprint density at radius 3 is 2.73 bits per heavy atom. The number of piperidine rings is 3. The van der Waals surface area contributed by atoms with Crippen molar-refractivity contribution >= 4 is 24.2 Å². The predicted molar refractivity (Wildman–Crippen MR) is 112 cm³/mol. The molecule has 2 amide bonds. The third-order valence-electron chi connectivity index (χ3n) is 8.01. The zero-order chi connectivity index (χ0) is 19.5. The van der Waals surface area contributed by atoms with Crippen molar-refractivity contribution in [1.29, 1.82) is 0 Å². The highest BCUT2D eigenvalue weighted by Gasteiger charge is 2.51. The van der Waals surface area contributed by atoms with Gasteiger partial charge in [0.1, 0.15) is 17.5 Å². The molecule has 1 aromatic heterocycles. The molecule has 5 aliphatic rings. The first kappa shape index (κ1) is 20.3. The van der Waals surface area contributed by atoms with Gasteiger partial charge < -0.3 is 19.5 Å². The number of hydrogen-bond donors (Lipinski definition) is 1. The van der Waals surface area contributed by atoms with Gasteiger partial charge in [-0.3, -0.25) is 9.59 Å². The number of nitrogens with zero attached hydrogens (tertiary/aromatic N) is 3. The van der Waals surface area contributed by atoms with E-state index < -0.39 is 0 Å². The van der Waals surface area contributed by atoms with Crippen LogP contribution in [0, 0.1) is 11.8 Å². The molecule has 4 atom stereocenters. The van der Waals surface area contributed by atoms with Crippen molar-refractivity contribution < 1.29 is 14.0 Å². The van der Waals surface area contributed by atoms with E-state index in [0.717, 1.165) is 56.1 Å². The van der Waals surface area contributed by atoms with Crippen molar-refractivity contribution in [2.45, 2.75) is 75.9 Å². The summed E-state index contributed by atoms with van der Waals surface area (Å²) < 4.78 is 6.03. The minimum absolute atomic E-state index is 0. The van der Waals surface area contributed by atoms with Crippen molar-refractivity contribution in [3.05, 3.63) is 17.3 Å². The van der Waals surface area contributed by atoms with Gasteiger partial charge in [0.25, 0.3) is 0 Å². The summed E-state index contributed by atoms with van der Waals surface area (Å²) in [5, 5.41) is 3.53. The second-order valence-electron chi connectivity index (χ2n) is 9.68. The highest BCUT2D eigenvalue weighted by molar-refractivity contribution is 5.89. The topological polar surface area (TPSA) is 78.7 Å². The van der Waals surface area contributed by atoms with Crippen LogP contribution in [0.5, 0.6) is 0 Å². The van der Waals surface area contributed by atoms with Crippen molar-refractivity contribution in [3.8, 4) is 0 Å². The molecule has 164 valence electrons. The van der Waals surface area contributed by atoms with Crippen LogP contribution in [-0.4, -0.2) is 58.3 Å². The number of aromatic nitrogens is 1. The summed E-state index contributed by atoms with van der Waals surface area (Å²) in [6, 6.07) is -0.0803. The van der Waals surface area contributed by atoms with Crippen LogP contribution in [0.2, 0.25) is 0 Å². The normalized spacial score (nSPS) is 33.3. The van der Waals surface area contributed by atoms with Crippen LogP contribution in [0.1, 0.15) is 68.2 Å².